The van der Waals surface area contributed by atoms with Gasteiger partial charge >= 0.3 is 12.2 Å². The van der Waals surface area contributed by atoms with E-state index >= 15 is 0 Å². The number of aromatic nitrogens is 1. The van der Waals surface area contributed by atoms with Crippen molar-refractivity contribution in [3.05, 3.63) is 41.6 Å². The van der Waals surface area contributed by atoms with Gasteiger partial charge in [0.05, 0.1) is 13.2 Å². The second-order valence-electron chi connectivity index (χ2n) is 11.2. The van der Waals surface area contributed by atoms with Crippen molar-refractivity contribution in [2.45, 2.75) is 44.7 Å². The van der Waals surface area contributed by atoms with E-state index in [9.17, 15) is 18.0 Å². The number of urea groups is 1. The molecule has 0 radical (unpaired) electrons. The Bertz CT molecular complexity index is 1170. The molecule has 5 rings (SSSR count). The van der Waals surface area contributed by atoms with Crippen LogP contribution in [0.15, 0.2) is 30.3 Å². The fourth-order valence-electron chi connectivity index (χ4n) is 5.99. The zero-order valence-corrected chi connectivity index (χ0v) is 22.8. The molecule has 3 aliphatic heterocycles. The number of likely N-dealkylation sites (N-methyl/N-ethyl adjacent to an activating group) is 1. The number of rotatable bonds is 5. The SMILES string of the molecule is Cc1ccc(NC(=O)N2CC[C@@H](CC(F)(F)F)C2)cc1-c1cc(C2CCCN(C)C2)nc(N2CCOCC2)c1. The van der Waals surface area contributed by atoms with Crippen molar-refractivity contribution in [3.63, 3.8) is 0 Å². The number of hydrogen-bond acceptors (Lipinski definition) is 5. The quantitative estimate of drug-likeness (QED) is 0.537. The summed E-state index contributed by atoms with van der Waals surface area (Å²) in [5.74, 6) is 0.754. The number of morpholine rings is 1. The van der Waals surface area contributed by atoms with Gasteiger partial charge in [0.25, 0.3) is 0 Å². The van der Waals surface area contributed by atoms with Crippen LogP contribution in [-0.2, 0) is 4.74 Å². The lowest BCUT2D eigenvalue weighted by Crippen LogP contribution is -2.37. The van der Waals surface area contributed by atoms with Gasteiger partial charge in [-0.15, -0.1) is 0 Å². The Labute approximate surface area is 228 Å². The lowest BCUT2D eigenvalue weighted by molar-refractivity contribution is -0.143. The smallest absolute Gasteiger partial charge is 0.378 e. The third-order valence-electron chi connectivity index (χ3n) is 8.10. The number of aryl methyl sites for hydroxylation is 1. The van der Waals surface area contributed by atoms with Crippen molar-refractivity contribution in [3.8, 4) is 11.1 Å². The Kier molecular flexibility index (Phi) is 8.32. The first kappa shape index (κ1) is 27.7. The van der Waals surface area contributed by atoms with Crippen molar-refractivity contribution in [2.24, 2.45) is 5.92 Å². The van der Waals surface area contributed by atoms with Crippen LogP contribution >= 0.6 is 0 Å². The summed E-state index contributed by atoms with van der Waals surface area (Å²) in [6.07, 6.45) is -2.45. The molecule has 0 aliphatic carbocycles. The Morgan fingerprint density at radius 2 is 1.87 bits per heavy atom. The first-order valence-corrected chi connectivity index (χ1v) is 13.9. The van der Waals surface area contributed by atoms with E-state index in [0.717, 1.165) is 67.2 Å². The van der Waals surface area contributed by atoms with Crippen LogP contribution in [0.1, 0.15) is 42.9 Å². The third kappa shape index (κ3) is 7.03. The molecular formula is C29H38F3N5O2. The Morgan fingerprint density at radius 1 is 1.08 bits per heavy atom. The molecule has 2 atom stereocenters. The van der Waals surface area contributed by atoms with Crippen molar-refractivity contribution in [1.29, 1.82) is 0 Å². The van der Waals surface area contributed by atoms with E-state index in [-0.39, 0.29) is 12.6 Å². The summed E-state index contributed by atoms with van der Waals surface area (Å²) in [6.45, 7) is 7.50. The van der Waals surface area contributed by atoms with Crippen LogP contribution in [0.25, 0.3) is 11.1 Å². The first-order chi connectivity index (χ1) is 18.6. The molecule has 2 aromatic rings. The van der Waals surface area contributed by atoms with Gasteiger partial charge in [0.2, 0.25) is 0 Å². The first-order valence-electron chi connectivity index (χ1n) is 13.9. The minimum atomic E-state index is -4.21. The maximum Gasteiger partial charge on any atom is 0.389 e. The van der Waals surface area contributed by atoms with Gasteiger partial charge in [0, 0.05) is 56.4 Å². The van der Waals surface area contributed by atoms with Crippen molar-refractivity contribution >= 4 is 17.5 Å². The van der Waals surface area contributed by atoms with Crippen molar-refractivity contribution in [1.82, 2.24) is 14.8 Å². The van der Waals surface area contributed by atoms with Crippen LogP contribution in [0.5, 0.6) is 0 Å². The highest BCUT2D eigenvalue weighted by atomic mass is 19.4. The van der Waals surface area contributed by atoms with Gasteiger partial charge in [-0.2, -0.15) is 13.2 Å². The summed E-state index contributed by atoms with van der Waals surface area (Å²) in [7, 11) is 2.15. The van der Waals surface area contributed by atoms with Gasteiger partial charge in [-0.25, -0.2) is 9.78 Å². The molecular weight excluding hydrogens is 507 g/mol. The van der Waals surface area contributed by atoms with Crippen LogP contribution in [0.4, 0.5) is 29.5 Å². The summed E-state index contributed by atoms with van der Waals surface area (Å²) < 4.78 is 44.0. The fraction of sp³-hybridized carbons (Fsp3) is 0.586. The molecule has 3 fully saturated rings. The number of ether oxygens (including phenoxy) is 1. The molecule has 1 aromatic heterocycles. The van der Waals surface area contributed by atoms with E-state index in [2.05, 4.69) is 34.3 Å². The average Bonchev–Trinajstić information content (AvgIpc) is 3.37. The second kappa shape index (κ2) is 11.7. The summed E-state index contributed by atoms with van der Waals surface area (Å²) in [5, 5.41) is 2.92. The van der Waals surface area contributed by atoms with E-state index in [1.807, 2.05) is 25.1 Å². The number of carbonyl (C=O) groups is 1. The number of benzene rings is 1. The highest BCUT2D eigenvalue weighted by Gasteiger charge is 2.36. The Hall–Kier alpha value is -2.85. The highest BCUT2D eigenvalue weighted by Crippen LogP contribution is 2.35. The fourth-order valence-corrected chi connectivity index (χ4v) is 5.99. The predicted octanol–water partition coefficient (Wildman–Crippen LogP) is 5.51. The number of likely N-dealkylation sites (tertiary alicyclic amines) is 2. The van der Waals surface area contributed by atoms with Gasteiger partial charge in [-0.1, -0.05) is 6.07 Å². The summed E-state index contributed by atoms with van der Waals surface area (Å²) in [6, 6.07) is 9.74. The van der Waals surface area contributed by atoms with Crippen molar-refractivity contribution < 1.29 is 22.7 Å². The lowest BCUT2D eigenvalue weighted by Gasteiger charge is -2.32. The molecule has 212 valence electrons. The van der Waals surface area contributed by atoms with Gasteiger partial charge in [-0.05, 0) is 86.7 Å². The monoisotopic (exact) mass is 545 g/mol. The number of piperidine rings is 1. The molecule has 2 amide bonds. The summed E-state index contributed by atoms with van der Waals surface area (Å²) in [5.41, 5.74) is 4.84. The maximum atomic E-state index is 12.9. The minimum Gasteiger partial charge on any atom is -0.378 e. The Morgan fingerprint density at radius 3 is 2.62 bits per heavy atom. The molecule has 0 saturated carbocycles. The van der Waals surface area contributed by atoms with Crippen LogP contribution in [0, 0.1) is 12.8 Å². The summed E-state index contributed by atoms with van der Waals surface area (Å²) >= 11 is 0. The molecule has 7 nitrogen and oxygen atoms in total. The van der Waals surface area contributed by atoms with E-state index in [4.69, 9.17) is 9.72 Å². The van der Waals surface area contributed by atoms with Crippen LogP contribution in [0.2, 0.25) is 0 Å². The van der Waals surface area contributed by atoms with Crippen molar-refractivity contribution in [2.75, 3.05) is 69.7 Å². The predicted molar refractivity (Wildman–Crippen MR) is 146 cm³/mol. The van der Waals surface area contributed by atoms with E-state index in [1.54, 1.807) is 0 Å². The molecule has 0 spiro atoms. The number of nitrogens with zero attached hydrogens (tertiary/aromatic N) is 4. The molecule has 3 saturated heterocycles. The number of amides is 2. The number of halogens is 3. The third-order valence-corrected chi connectivity index (χ3v) is 8.10. The molecule has 0 bridgehead atoms. The molecule has 1 N–H and O–H groups in total. The number of alkyl halides is 3. The van der Waals surface area contributed by atoms with E-state index in [1.165, 1.54) is 4.90 Å². The molecule has 10 heteroatoms. The van der Waals surface area contributed by atoms with E-state index < -0.39 is 18.5 Å². The molecule has 1 aromatic carbocycles. The average molecular weight is 546 g/mol. The van der Waals surface area contributed by atoms with Crippen LogP contribution in [0.3, 0.4) is 0 Å². The number of pyridine rings is 1. The molecule has 3 aliphatic rings. The van der Waals surface area contributed by atoms with Crippen LogP contribution in [-0.4, -0.2) is 86.5 Å². The second-order valence-corrected chi connectivity index (χ2v) is 11.2. The normalized spacial score (nSPS) is 22.8. The highest BCUT2D eigenvalue weighted by molar-refractivity contribution is 5.90. The molecule has 39 heavy (non-hydrogen) atoms. The lowest BCUT2D eigenvalue weighted by atomic mass is 9.92. The minimum absolute atomic E-state index is 0.122. The summed E-state index contributed by atoms with van der Waals surface area (Å²) in [4.78, 5) is 24.1. The van der Waals surface area contributed by atoms with Gasteiger partial charge in [-0.3, -0.25) is 0 Å². The maximum absolute atomic E-state index is 12.9. The van der Waals surface area contributed by atoms with Gasteiger partial charge in [0.1, 0.15) is 5.82 Å². The topological polar surface area (TPSA) is 60.9 Å². The van der Waals surface area contributed by atoms with Crippen LogP contribution < -0.4 is 10.2 Å². The Balaban J connectivity index is 1.39. The standard InChI is InChI=1S/C29H38F3N5O2/c1-20-5-6-24(33-28(38)37-9-7-21(18-37)17-29(30,31)32)16-25(20)23-14-26(22-4-3-8-35(2)19-22)34-27(15-23)36-10-12-39-13-11-36/h5-6,14-16,21-22H,3-4,7-13,17-19H2,1-2H3,(H,33,38)/t21-,22?/m0/s1. The van der Waals surface area contributed by atoms with Gasteiger partial charge in [0.15, 0.2) is 0 Å². The van der Waals surface area contributed by atoms with E-state index in [0.29, 0.717) is 37.8 Å². The zero-order valence-electron chi connectivity index (χ0n) is 22.8. The number of nitrogens with one attached hydrogen (secondary N) is 1. The largest absolute Gasteiger partial charge is 0.389 e. The molecule has 1 unspecified atom stereocenters. The number of carbonyl (C=O) groups excluding carboxylic acids is 1. The molecule has 4 heterocycles. The number of anilines is 2. The van der Waals surface area contributed by atoms with Gasteiger partial charge < -0.3 is 24.8 Å². The number of hydrogen-bond donors (Lipinski definition) is 1. The zero-order chi connectivity index (χ0) is 27.6.